The van der Waals surface area contributed by atoms with Crippen LogP contribution in [-0.4, -0.2) is 18.5 Å². The fourth-order valence-corrected chi connectivity index (χ4v) is 0.539. The lowest BCUT2D eigenvalue weighted by Gasteiger charge is -1.99. The molecule has 0 aromatic heterocycles. The molecule has 0 fully saturated rings. The number of hydrogen-bond acceptors (Lipinski definition) is 4. The lowest BCUT2D eigenvalue weighted by atomic mass is 10.4. The summed E-state index contributed by atoms with van der Waals surface area (Å²) in [5, 5.41) is 0. The van der Waals surface area contributed by atoms with Gasteiger partial charge in [-0.1, -0.05) is 19.1 Å². The van der Waals surface area contributed by atoms with Crippen molar-refractivity contribution in [2.45, 2.75) is 20.3 Å². The Kier molecular flexibility index (Phi) is 6.37. The van der Waals surface area contributed by atoms with E-state index in [2.05, 4.69) is 29.9 Å². The molecule has 0 aromatic rings. The lowest BCUT2D eigenvalue weighted by molar-refractivity contribution is -0.138. The minimum atomic E-state index is -0.563. The van der Waals surface area contributed by atoms with Crippen molar-refractivity contribution >= 4 is 11.9 Å². The van der Waals surface area contributed by atoms with Gasteiger partial charge >= 0.3 is 11.9 Å². The second kappa shape index (κ2) is 7.30. The van der Waals surface area contributed by atoms with E-state index in [4.69, 9.17) is 4.74 Å². The summed E-state index contributed by atoms with van der Waals surface area (Å²) >= 11 is 0. The molecule has 0 aromatic carbocycles. The van der Waals surface area contributed by atoms with Crippen LogP contribution in [0.4, 0.5) is 0 Å². The molecule has 0 unspecified atom stereocenters. The molecule has 0 saturated carbocycles. The number of rotatable bonds is 4. The number of esters is 2. The fourth-order valence-electron chi connectivity index (χ4n) is 0.539. The van der Waals surface area contributed by atoms with E-state index in [0.717, 1.165) is 0 Å². The van der Waals surface area contributed by atoms with Crippen LogP contribution in [0, 0.1) is 12.0 Å². The highest BCUT2D eigenvalue weighted by molar-refractivity contribution is 5.87. The molecule has 0 radical (unpaired) electrons. The van der Waals surface area contributed by atoms with Gasteiger partial charge in [0.1, 0.15) is 12.7 Å². The van der Waals surface area contributed by atoms with Gasteiger partial charge in [-0.05, 0) is 13.8 Å². The predicted octanol–water partition coefficient (Wildman–Crippen LogP) is 1.58. The van der Waals surface area contributed by atoms with Crippen molar-refractivity contribution in [1.29, 1.82) is 0 Å². The molecule has 16 heavy (non-hydrogen) atoms. The highest BCUT2D eigenvalue weighted by Crippen LogP contribution is 1.93. The molecule has 0 aliphatic carbocycles. The van der Waals surface area contributed by atoms with E-state index in [0.29, 0.717) is 12.0 Å². The number of carbonyl (C=O) groups excluding carboxylic acids is 2. The van der Waals surface area contributed by atoms with Gasteiger partial charge in [0, 0.05) is 17.6 Å². The predicted molar refractivity (Wildman–Crippen MR) is 59.1 cm³/mol. The summed E-state index contributed by atoms with van der Waals surface area (Å²) < 4.78 is 9.26. The summed E-state index contributed by atoms with van der Waals surface area (Å²) in [6, 6.07) is 0. The van der Waals surface area contributed by atoms with Crippen LogP contribution in [0.25, 0.3) is 0 Å². The molecule has 0 saturated heterocycles. The molecule has 0 aliphatic heterocycles. The van der Waals surface area contributed by atoms with E-state index < -0.39 is 11.9 Å². The van der Waals surface area contributed by atoms with Gasteiger partial charge in [0.25, 0.3) is 0 Å². The highest BCUT2D eigenvalue weighted by Gasteiger charge is 2.01. The van der Waals surface area contributed by atoms with Gasteiger partial charge in [0.2, 0.25) is 0 Å². The number of ether oxygens (including phenoxy) is 2. The Morgan fingerprint density at radius 1 is 1.12 bits per heavy atom. The molecule has 4 nitrogen and oxygen atoms in total. The molecule has 0 rings (SSSR count). The summed E-state index contributed by atoms with van der Waals surface area (Å²) in [4.78, 5) is 21.8. The van der Waals surface area contributed by atoms with Crippen molar-refractivity contribution in [1.82, 2.24) is 0 Å². The Morgan fingerprint density at radius 2 is 1.69 bits per heavy atom. The first-order valence-corrected chi connectivity index (χ1v) is 4.62. The molecule has 0 amide bonds. The lowest BCUT2D eigenvalue weighted by Crippen LogP contribution is -2.05. The highest BCUT2D eigenvalue weighted by atomic mass is 16.5. The van der Waals surface area contributed by atoms with E-state index >= 15 is 0 Å². The molecule has 0 N–H and O–H groups in total. The van der Waals surface area contributed by atoms with Crippen molar-refractivity contribution in [2.75, 3.05) is 6.61 Å². The maximum atomic E-state index is 10.9. The Bertz CT molecular complexity index is 368. The zero-order chi connectivity index (χ0) is 12.6. The zero-order valence-electron chi connectivity index (χ0n) is 9.46. The molecule has 0 aliphatic rings. The fraction of sp³-hybridized carbons (Fsp3) is 0.333. The standard InChI is InChI=1S/C12H14O4/c1-9(2)11(13)15-7-5-6-8-16-12(14)10(3)4/h1,3,5,7H2,2,4H3. The second-order valence-corrected chi connectivity index (χ2v) is 3.11. The van der Waals surface area contributed by atoms with Crippen molar-refractivity contribution in [3.63, 3.8) is 0 Å². The minimum absolute atomic E-state index is 0.142. The van der Waals surface area contributed by atoms with Crippen LogP contribution in [0.2, 0.25) is 0 Å². The Labute approximate surface area is 94.9 Å². The third kappa shape index (κ3) is 6.44. The first-order chi connectivity index (χ1) is 7.45. The molecule has 0 spiro atoms. The van der Waals surface area contributed by atoms with E-state index in [9.17, 15) is 9.59 Å². The largest absolute Gasteiger partial charge is 0.461 e. The van der Waals surface area contributed by atoms with Gasteiger partial charge in [0.15, 0.2) is 0 Å². The van der Waals surface area contributed by atoms with Crippen LogP contribution in [0.1, 0.15) is 20.3 Å². The van der Waals surface area contributed by atoms with Crippen LogP contribution in [0.3, 0.4) is 0 Å². The smallest absolute Gasteiger partial charge is 0.347 e. The number of carbonyl (C=O) groups is 2. The minimum Gasteiger partial charge on any atom is -0.461 e. The topological polar surface area (TPSA) is 52.6 Å². The van der Waals surface area contributed by atoms with Gasteiger partial charge in [-0.2, -0.15) is 0 Å². The Hall–Kier alpha value is -2.02. The van der Waals surface area contributed by atoms with Crippen molar-refractivity contribution in [3.8, 4) is 12.0 Å². The summed E-state index contributed by atoms with van der Waals surface area (Å²) in [5.74, 6) is 1.50. The van der Waals surface area contributed by atoms with Gasteiger partial charge in [-0.25, -0.2) is 9.59 Å². The van der Waals surface area contributed by atoms with Crippen molar-refractivity contribution in [2.24, 2.45) is 0 Å². The summed E-state index contributed by atoms with van der Waals surface area (Å²) in [6.07, 6.45) is 2.49. The van der Waals surface area contributed by atoms with Crippen molar-refractivity contribution < 1.29 is 19.1 Å². The molecule has 4 heteroatoms. The van der Waals surface area contributed by atoms with Crippen LogP contribution < -0.4 is 0 Å². The monoisotopic (exact) mass is 222 g/mol. The normalized spacial score (nSPS) is 8.38. The molecule has 0 bridgehead atoms. The number of hydrogen-bond donors (Lipinski definition) is 0. The third-order valence-electron chi connectivity index (χ3n) is 1.37. The Morgan fingerprint density at radius 3 is 2.19 bits per heavy atom. The quantitative estimate of drug-likeness (QED) is 0.313. The molecular formula is C12H14O4. The summed E-state index contributed by atoms with van der Waals surface area (Å²) in [7, 11) is 0. The summed E-state index contributed by atoms with van der Waals surface area (Å²) in [6.45, 7) is 10.0. The first-order valence-electron chi connectivity index (χ1n) is 4.62. The van der Waals surface area contributed by atoms with Gasteiger partial charge in [-0.15, -0.1) is 0 Å². The average molecular weight is 222 g/mol. The van der Waals surface area contributed by atoms with Gasteiger partial charge < -0.3 is 9.47 Å². The van der Waals surface area contributed by atoms with Crippen LogP contribution in [0.15, 0.2) is 24.3 Å². The van der Waals surface area contributed by atoms with E-state index in [-0.39, 0.29) is 12.2 Å². The van der Waals surface area contributed by atoms with E-state index in [1.807, 2.05) is 0 Å². The SMILES string of the molecule is C=C(C)C(=O)OC#CCCOC(=O)C(=C)C. The van der Waals surface area contributed by atoms with E-state index in [1.165, 1.54) is 6.92 Å². The zero-order valence-corrected chi connectivity index (χ0v) is 9.46. The Balaban J connectivity index is 3.71. The molecular weight excluding hydrogens is 208 g/mol. The van der Waals surface area contributed by atoms with Crippen LogP contribution >= 0.6 is 0 Å². The van der Waals surface area contributed by atoms with Crippen LogP contribution in [0.5, 0.6) is 0 Å². The van der Waals surface area contributed by atoms with Crippen molar-refractivity contribution in [3.05, 3.63) is 24.3 Å². The van der Waals surface area contributed by atoms with E-state index in [1.54, 1.807) is 6.92 Å². The molecule has 0 atom stereocenters. The maximum absolute atomic E-state index is 10.9. The second-order valence-electron chi connectivity index (χ2n) is 3.11. The van der Waals surface area contributed by atoms with Gasteiger partial charge in [-0.3, -0.25) is 0 Å². The molecule has 0 heterocycles. The van der Waals surface area contributed by atoms with Crippen LogP contribution in [-0.2, 0) is 19.1 Å². The van der Waals surface area contributed by atoms with Gasteiger partial charge in [0.05, 0.1) is 0 Å². The third-order valence-corrected chi connectivity index (χ3v) is 1.37. The first kappa shape index (κ1) is 14.0. The summed E-state index contributed by atoms with van der Waals surface area (Å²) in [5.41, 5.74) is 0.615. The maximum Gasteiger partial charge on any atom is 0.347 e. The average Bonchev–Trinajstić information content (AvgIpc) is 2.21. The molecule has 86 valence electrons.